The molecule has 5 heteroatoms. The zero-order chi connectivity index (χ0) is 25.8. The molecule has 0 fully saturated rings. The molecule has 0 unspecified atom stereocenters. The summed E-state index contributed by atoms with van der Waals surface area (Å²) in [7, 11) is -2.46. The van der Waals surface area contributed by atoms with Crippen molar-refractivity contribution in [3.8, 4) is 11.5 Å². The number of rotatable bonds is 7. The van der Waals surface area contributed by atoms with Crippen molar-refractivity contribution >= 4 is 52.6 Å². The van der Waals surface area contributed by atoms with Crippen LogP contribution in [0.25, 0.3) is 11.5 Å². The van der Waals surface area contributed by atoms with Gasteiger partial charge in [0, 0.05) is 11.3 Å². The topological polar surface area (TPSA) is 38.1 Å². The van der Waals surface area contributed by atoms with Crippen LogP contribution in [0.3, 0.4) is 0 Å². The van der Waals surface area contributed by atoms with Crippen LogP contribution in [0, 0.1) is 6.92 Å². The molecule has 0 amide bonds. The molecule has 0 atom stereocenters. The maximum atomic E-state index is 6.61. The summed E-state index contributed by atoms with van der Waals surface area (Å²) in [6.07, 6.45) is 0. The summed E-state index contributed by atoms with van der Waals surface area (Å²) in [4.78, 5) is 5.32. The van der Waals surface area contributed by atoms with Gasteiger partial charge in [0.1, 0.15) is 15.9 Å². The Morgan fingerprint density at radius 2 is 1.00 bits per heavy atom. The second-order valence-electron chi connectivity index (χ2n) is 9.21. The van der Waals surface area contributed by atoms with E-state index >= 15 is 0 Å². The van der Waals surface area contributed by atoms with Gasteiger partial charge < -0.3 is 9.73 Å². The fourth-order valence-corrected chi connectivity index (χ4v) is 9.00. The van der Waals surface area contributed by atoms with E-state index in [9.17, 15) is 0 Å². The maximum absolute atomic E-state index is 6.61. The van der Waals surface area contributed by atoms with E-state index in [1.165, 1.54) is 21.5 Å². The van der Waals surface area contributed by atoms with Crippen molar-refractivity contribution in [1.82, 2.24) is 4.98 Å². The Morgan fingerprint density at radius 1 is 0.564 bits per heavy atom. The Bertz CT molecular complexity index is 1530. The summed E-state index contributed by atoms with van der Waals surface area (Å²) >= 11 is 0. The number of hydrogen-bond acceptors (Lipinski definition) is 3. The molecule has 5 aromatic carbocycles. The Labute approximate surface area is 236 Å². The summed E-state index contributed by atoms with van der Waals surface area (Å²) < 4.78 is 6.61. The van der Waals surface area contributed by atoms with E-state index in [2.05, 4.69) is 128 Å². The summed E-state index contributed by atoms with van der Waals surface area (Å²) in [6, 6.07) is 50.7. The number of benzene rings is 5. The molecule has 0 bridgehead atoms. The van der Waals surface area contributed by atoms with Gasteiger partial charge in [-0.15, -0.1) is 12.4 Å². The third kappa shape index (κ3) is 5.12. The number of oxazole rings is 1. The van der Waals surface area contributed by atoms with Gasteiger partial charge in [-0.3, -0.25) is 0 Å². The lowest BCUT2D eigenvalue weighted by Crippen LogP contribution is -2.40. The zero-order valence-electron chi connectivity index (χ0n) is 21.6. The van der Waals surface area contributed by atoms with Gasteiger partial charge in [0.15, 0.2) is 7.26 Å². The molecule has 192 valence electrons. The van der Waals surface area contributed by atoms with Crippen LogP contribution in [-0.4, -0.2) is 4.98 Å². The lowest BCUT2D eigenvalue weighted by molar-refractivity contribution is 0.592. The predicted octanol–water partition coefficient (Wildman–Crippen LogP) is 7.43. The number of halogens is 1. The maximum Gasteiger partial charge on any atom is 0.263 e. The third-order valence-corrected chi connectivity index (χ3v) is 10.8. The van der Waals surface area contributed by atoms with Gasteiger partial charge in [0.25, 0.3) is 11.3 Å². The highest BCUT2D eigenvalue weighted by Crippen LogP contribution is 2.56. The number of aryl methyl sites for hydroxylation is 1. The minimum Gasteiger partial charge on any atom is -0.416 e. The average molecular weight is 548 g/mol. The van der Waals surface area contributed by atoms with Gasteiger partial charge >= 0.3 is 0 Å². The van der Waals surface area contributed by atoms with Crippen LogP contribution in [-0.2, 0) is 0 Å². The molecule has 3 nitrogen and oxygen atoms in total. The van der Waals surface area contributed by atoms with Crippen molar-refractivity contribution in [3.05, 3.63) is 151 Å². The molecule has 39 heavy (non-hydrogen) atoms. The number of nitrogens with one attached hydrogen (secondary N) is 1. The standard InChI is InChI=1S/C34H28N2OP.ClH/c1-26-22-24-28(25-23-26)35-33-34(36-32(37-33)27-14-6-2-7-15-27)38(29-16-8-3-9-17-29,30-18-10-4-11-19-30)31-20-12-5-13-21-31;/h2-25,35H,1H3;1H/q+1;. The quantitative estimate of drug-likeness (QED) is 0.211. The Hall–Kier alpha value is -4.17. The lowest BCUT2D eigenvalue weighted by atomic mass is 10.2. The van der Waals surface area contributed by atoms with E-state index in [1.54, 1.807) is 0 Å². The Balaban J connectivity index is 0.00000308. The van der Waals surface area contributed by atoms with Crippen molar-refractivity contribution in [1.29, 1.82) is 0 Å². The third-order valence-electron chi connectivity index (χ3n) is 6.69. The fourth-order valence-electron chi connectivity index (χ4n) is 4.86. The van der Waals surface area contributed by atoms with Crippen LogP contribution in [0.2, 0.25) is 0 Å². The monoisotopic (exact) mass is 547 g/mol. The SMILES string of the molecule is Cc1ccc(Nc2oc(-c3ccccc3)nc2[P+](c2ccccc2)(c2ccccc2)c2ccccc2)cc1.Cl. The molecule has 1 aromatic heterocycles. The summed E-state index contributed by atoms with van der Waals surface area (Å²) in [5.74, 6) is 1.26. The van der Waals surface area contributed by atoms with E-state index in [4.69, 9.17) is 9.40 Å². The summed E-state index contributed by atoms with van der Waals surface area (Å²) in [5, 5.41) is 7.26. The number of hydrogen-bond donors (Lipinski definition) is 1. The van der Waals surface area contributed by atoms with Gasteiger partial charge in [-0.2, -0.15) is 4.98 Å². The molecule has 0 radical (unpaired) electrons. The highest BCUT2D eigenvalue weighted by Gasteiger charge is 2.53. The lowest BCUT2D eigenvalue weighted by Gasteiger charge is -2.25. The smallest absolute Gasteiger partial charge is 0.263 e. The molecule has 0 aliphatic heterocycles. The van der Waals surface area contributed by atoms with Crippen LogP contribution in [0.5, 0.6) is 0 Å². The molecule has 0 aliphatic rings. The first-order chi connectivity index (χ1) is 18.7. The molecule has 1 heterocycles. The van der Waals surface area contributed by atoms with E-state index in [1.807, 2.05) is 30.3 Å². The van der Waals surface area contributed by atoms with E-state index in [-0.39, 0.29) is 12.4 Å². The van der Waals surface area contributed by atoms with Crippen LogP contribution >= 0.6 is 19.7 Å². The first kappa shape index (κ1) is 26.4. The predicted molar refractivity (Wildman–Crippen MR) is 168 cm³/mol. The van der Waals surface area contributed by atoms with Crippen molar-refractivity contribution in [3.63, 3.8) is 0 Å². The Morgan fingerprint density at radius 3 is 1.46 bits per heavy atom. The van der Waals surface area contributed by atoms with Gasteiger partial charge in [-0.05, 0) is 67.6 Å². The number of anilines is 2. The van der Waals surface area contributed by atoms with Crippen LogP contribution < -0.4 is 26.7 Å². The van der Waals surface area contributed by atoms with Gasteiger partial charge in [0.05, 0.1) is 0 Å². The van der Waals surface area contributed by atoms with Gasteiger partial charge in [-0.1, -0.05) is 90.5 Å². The van der Waals surface area contributed by atoms with Crippen LogP contribution in [0.4, 0.5) is 11.6 Å². The van der Waals surface area contributed by atoms with Crippen molar-refractivity contribution in [2.75, 3.05) is 5.32 Å². The molecular weight excluding hydrogens is 519 g/mol. The molecule has 6 aromatic rings. The molecule has 1 N–H and O–H groups in total. The first-order valence-electron chi connectivity index (χ1n) is 12.7. The summed E-state index contributed by atoms with van der Waals surface area (Å²) in [6.45, 7) is 2.09. The highest BCUT2D eigenvalue weighted by molar-refractivity contribution is 8.01. The van der Waals surface area contributed by atoms with Gasteiger partial charge in [0.2, 0.25) is 5.89 Å². The molecule has 6 rings (SSSR count). The van der Waals surface area contributed by atoms with Crippen LogP contribution in [0.15, 0.2) is 150 Å². The Kier molecular flexibility index (Phi) is 7.93. The fraction of sp³-hybridized carbons (Fsp3) is 0.0294. The van der Waals surface area contributed by atoms with Crippen molar-refractivity contribution in [2.24, 2.45) is 0 Å². The average Bonchev–Trinajstić information content (AvgIpc) is 3.41. The van der Waals surface area contributed by atoms with E-state index in [0.29, 0.717) is 11.8 Å². The first-order valence-corrected chi connectivity index (χ1v) is 14.5. The molecule has 0 spiro atoms. The second kappa shape index (κ2) is 11.7. The molecule has 0 saturated carbocycles. The van der Waals surface area contributed by atoms with Gasteiger partial charge in [-0.25, -0.2) is 0 Å². The number of nitrogens with zero attached hydrogens (tertiary/aromatic N) is 1. The van der Waals surface area contributed by atoms with Crippen molar-refractivity contribution in [2.45, 2.75) is 6.92 Å². The molecular formula is C34H29ClN2OP+. The minimum atomic E-state index is -2.46. The van der Waals surface area contributed by atoms with E-state index in [0.717, 1.165) is 16.7 Å². The number of aromatic nitrogens is 1. The van der Waals surface area contributed by atoms with Crippen LogP contribution in [0.1, 0.15) is 5.56 Å². The zero-order valence-corrected chi connectivity index (χ0v) is 23.3. The largest absolute Gasteiger partial charge is 0.416 e. The highest BCUT2D eigenvalue weighted by atomic mass is 35.5. The molecule has 0 aliphatic carbocycles. The van der Waals surface area contributed by atoms with Crippen molar-refractivity contribution < 1.29 is 4.42 Å². The second-order valence-corrected chi connectivity index (χ2v) is 12.5. The minimum absolute atomic E-state index is 0. The molecule has 0 saturated heterocycles. The van der Waals surface area contributed by atoms with E-state index < -0.39 is 7.26 Å². The summed E-state index contributed by atoms with van der Waals surface area (Å²) in [5.41, 5.74) is 4.02. The normalized spacial score (nSPS) is 11.0.